The van der Waals surface area contributed by atoms with Crippen LogP contribution in [0.2, 0.25) is 0 Å². The van der Waals surface area contributed by atoms with Crippen LogP contribution in [0.4, 0.5) is 0 Å². The molecule has 20 heavy (non-hydrogen) atoms. The lowest BCUT2D eigenvalue weighted by molar-refractivity contribution is 1.23. The van der Waals surface area contributed by atoms with Crippen molar-refractivity contribution in [3.8, 4) is 11.3 Å². The monoisotopic (exact) mass is 262 g/mol. The molecule has 0 bridgehead atoms. The number of hydrogen-bond donors (Lipinski definition) is 0. The molecule has 0 saturated carbocycles. The van der Waals surface area contributed by atoms with Crippen LogP contribution in [0.15, 0.2) is 65.7 Å². The number of benzene rings is 1. The number of aliphatic imine (C=N–C) groups is 1. The lowest BCUT2D eigenvalue weighted by Gasteiger charge is -2.07. The molecule has 2 nitrogen and oxygen atoms in total. The molecule has 0 aliphatic carbocycles. The molecule has 2 heteroatoms. The first kappa shape index (κ1) is 13.9. The molecule has 0 atom stereocenters. The summed E-state index contributed by atoms with van der Waals surface area (Å²) in [7, 11) is 0. The Labute approximate surface area is 120 Å². The minimum Gasteiger partial charge on any atom is -0.262 e. The molecule has 0 aliphatic heterocycles. The fourth-order valence-electron chi connectivity index (χ4n) is 1.96. The average molecular weight is 262 g/mol. The number of rotatable bonds is 4. The second-order valence-corrected chi connectivity index (χ2v) is 4.52. The van der Waals surface area contributed by atoms with Gasteiger partial charge in [0.1, 0.15) is 0 Å². The lowest BCUT2D eigenvalue weighted by atomic mass is 10.1. The first-order chi connectivity index (χ1) is 9.74. The molecular formula is C18H18N2. The van der Waals surface area contributed by atoms with E-state index in [1.807, 2.05) is 49.4 Å². The molecule has 1 aromatic carbocycles. The van der Waals surface area contributed by atoms with Crippen molar-refractivity contribution in [2.45, 2.75) is 13.8 Å². The SMILES string of the molecule is C=N/C(=C\C=C/C)c1cc(C)cc(-c2ccccc2)n1. The van der Waals surface area contributed by atoms with Gasteiger partial charge in [-0.1, -0.05) is 42.5 Å². The lowest BCUT2D eigenvalue weighted by Crippen LogP contribution is -1.92. The zero-order chi connectivity index (χ0) is 14.4. The number of hydrogen-bond acceptors (Lipinski definition) is 2. The van der Waals surface area contributed by atoms with Crippen LogP contribution in [-0.4, -0.2) is 11.7 Å². The third-order valence-electron chi connectivity index (χ3n) is 2.92. The van der Waals surface area contributed by atoms with Crippen LogP contribution in [0.5, 0.6) is 0 Å². The minimum atomic E-state index is 0.781. The van der Waals surface area contributed by atoms with Gasteiger partial charge in [-0.05, 0) is 44.3 Å². The van der Waals surface area contributed by atoms with E-state index in [-0.39, 0.29) is 0 Å². The average Bonchev–Trinajstić information content (AvgIpc) is 2.48. The van der Waals surface area contributed by atoms with Crippen LogP contribution in [0.3, 0.4) is 0 Å². The molecule has 1 aromatic heterocycles. The molecule has 0 spiro atoms. The Morgan fingerprint density at radius 2 is 1.95 bits per heavy atom. The van der Waals surface area contributed by atoms with Crippen molar-refractivity contribution in [2.75, 3.05) is 0 Å². The largest absolute Gasteiger partial charge is 0.262 e. The van der Waals surface area contributed by atoms with Crippen LogP contribution in [0, 0.1) is 6.92 Å². The molecule has 0 amide bonds. The van der Waals surface area contributed by atoms with Crippen molar-refractivity contribution in [1.82, 2.24) is 4.98 Å². The van der Waals surface area contributed by atoms with E-state index >= 15 is 0 Å². The van der Waals surface area contributed by atoms with Crippen molar-refractivity contribution in [1.29, 1.82) is 0 Å². The molecule has 2 rings (SSSR count). The fraction of sp³-hybridized carbons (Fsp3) is 0.111. The Morgan fingerprint density at radius 1 is 1.20 bits per heavy atom. The van der Waals surface area contributed by atoms with E-state index in [0.29, 0.717) is 0 Å². The van der Waals surface area contributed by atoms with E-state index in [9.17, 15) is 0 Å². The highest BCUT2D eigenvalue weighted by atomic mass is 14.8. The molecular weight excluding hydrogens is 244 g/mol. The first-order valence-electron chi connectivity index (χ1n) is 6.59. The summed E-state index contributed by atoms with van der Waals surface area (Å²) in [6.45, 7) is 7.66. The Balaban J connectivity index is 2.51. The number of allylic oxidation sites excluding steroid dienone is 3. The normalized spacial score (nSPS) is 11.8. The molecule has 100 valence electrons. The van der Waals surface area contributed by atoms with Crippen LogP contribution >= 0.6 is 0 Å². The van der Waals surface area contributed by atoms with Gasteiger partial charge in [-0.3, -0.25) is 4.99 Å². The number of pyridine rings is 1. The highest BCUT2D eigenvalue weighted by molar-refractivity contribution is 5.70. The summed E-state index contributed by atoms with van der Waals surface area (Å²) >= 11 is 0. The second-order valence-electron chi connectivity index (χ2n) is 4.52. The maximum Gasteiger partial charge on any atom is 0.0896 e. The zero-order valence-electron chi connectivity index (χ0n) is 11.9. The molecule has 0 unspecified atom stereocenters. The van der Waals surface area contributed by atoms with Crippen molar-refractivity contribution in [3.05, 3.63) is 72.0 Å². The summed E-state index contributed by atoms with van der Waals surface area (Å²) in [6.07, 6.45) is 5.82. The Morgan fingerprint density at radius 3 is 2.60 bits per heavy atom. The van der Waals surface area contributed by atoms with Crippen molar-refractivity contribution in [2.24, 2.45) is 4.99 Å². The fourth-order valence-corrected chi connectivity index (χ4v) is 1.96. The first-order valence-corrected chi connectivity index (χ1v) is 6.59. The van der Waals surface area contributed by atoms with Crippen molar-refractivity contribution in [3.63, 3.8) is 0 Å². The zero-order valence-corrected chi connectivity index (χ0v) is 11.9. The number of aryl methyl sites for hydroxylation is 1. The van der Waals surface area contributed by atoms with Gasteiger partial charge in [-0.25, -0.2) is 4.98 Å². The Bertz CT molecular complexity index is 652. The summed E-state index contributed by atoms with van der Waals surface area (Å²) in [5, 5.41) is 0. The quantitative estimate of drug-likeness (QED) is 0.580. The summed E-state index contributed by atoms with van der Waals surface area (Å²) in [6, 6.07) is 14.3. The topological polar surface area (TPSA) is 25.2 Å². The Kier molecular flexibility index (Phi) is 4.61. The Hall–Kier alpha value is -2.48. The minimum absolute atomic E-state index is 0.781. The highest BCUT2D eigenvalue weighted by Gasteiger charge is 2.05. The molecule has 0 N–H and O–H groups in total. The van der Waals surface area contributed by atoms with E-state index in [1.165, 1.54) is 0 Å². The second kappa shape index (κ2) is 6.62. The van der Waals surface area contributed by atoms with Gasteiger partial charge in [-0.15, -0.1) is 0 Å². The van der Waals surface area contributed by atoms with Gasteiger partial charge < -0.3 is 0 Å². The number of aromatic nitrogens is 1. The van der Waals surface area contributed by atoms with Gasteiger partial charge in [0.2, 0.25) is 0 Å². The van der Waals surface area contributed by atoms with Gasteiger partial charge in [0.05, 0.1) is 17.1 Å². The molecule has 2 aromatic rings. The van der Waals surface area contributed by atoms with Gasteiger partial charge >= 0.3 is 0 Å². The standard InChI is InChI=1S/C18H18N2/c1-4-5-11-16(19-3)18-13-14(2)12-17(20-18)15-9-7-6-8-10-15/h4-13H,3H2,1-2H3/b5-4-,16-11-. The van der Waals surface area contributed by atoms with Gasteiger partial charge in [-0.2, -0.15) is 0 Å². The van der Waals surface area contributed by atoms with Crippen LogP contribution < -0.4 is 0 Å². The third kappa shape index (κ3) is 3.29. The van der Waals surface area contributed by atoms with E-state index in [1.54, 1.807) is 0 Å². The molecule has 0 fully saturated rings. The van der Waals surface area contributed by atoms with Crippen LogP contribution in [0.1, 0.15) is 18.2 Å². The smallest absolute Gasteiger partial charge is 0.0896 e. The molecule has 0 radical (unpaired) electrons. The summed E-state index contributed by atoms with van der Waals surface area (Å²) in [5.41, 5.74) is 4.84. The summed E-state index contributed by atoms with van der Waals surface area (Å²) < 4.78 is 0. The van der Waals surface area contributed by atoms with Crippen LogP contribution in [0.25, 0.3) is 17.0 Å². The predicted octanol–water partition coefficient (Wildman–Crippen LogP) is 4.67. The van der Waals surface area contributed by atoms with Gasteiger partial charge in [0.25, 0.3) is 0 Å². The van der Waals surface area contributed by atoms with E-state index in [2.05, 4.69) is 36.8 Å². The van der Waals surface area contributed by atoms with E-state index in [4.69, 9.17) is 4.98 Å². The third-order valence-corrected chi connectivity index (χ3v) is 2.92. The predicted molar refractivity (Wildman–Crippen MR) is 86.8 cm³/mol. The summed E-state index contributed by atoms with van der Waals surface area (Å²) in [5.74, 6) is 0. The molecule has 0 aliphatic rings. The van der Waals surface area contributed by atoms with E-state index < -0.39 is 0 Å². The maximum atomic E-state index is 4.69. The van der Waals surface area contributed by atoms with Crippen molar-refractivity contribution >= 4 is 12.4 Å². The van der Waals surface area contributed by atoms with E-state index in [0.717, 1.165) is 28.2 Å². The number of nitrogens with zero attached hydrogens (tertiary/aromatic N) is 2. The summed E-state index contributed by atoms with van der Waals surface area (Å²) in [4.78, 5) is 8.76. The molecule has 1 heterocycles. The van der Waals surface area contributed by atoms with Gasteiger partial charge in [0, 0.05) is 5.56 Å². The van der Waals surface area contributed by atoms with Gasteiger partial charge in [0.15, 0.2) is 0 Å². The maximum absolute atomic E-state index is 4.69. The highest BCUT2D eigenvalue weighted by Crippen LogP contribution is 2.22. The van der Waals surface area contributed by atoms with Crippen LogP contribution in [-0.2, 0) is 0 Å². The van der Waals surface area contributed by atoms with Crippen molar-refractivity contribution < 1.29 is 0 Å². The molecule has 0 saturated heterocycles.